The Morgan fingerprint density at radius 1 is 1.50 bits per heavy atom. The van der Waals surface area contributed by atoms with Crippen molar-refractivity contribution in [3.05, 3.63) is 29.8 Å². The Labute approximate surface area is 104 Å². The van der Waals surface area contributed by atoms with Crippen molar-refractivity contribution < 1.29 is 19.8 Å². The Morgan fingerprint density at radius 3 is 2.94 bits per heavy atom. The van der Waals surface area contributed by atoms with Crippen LogP contribution >= 0.6 is 0 Å². The Balaban J connectivity index is 2.13. The van der Waals surface area contributed by atoms with Crippen LogP contribution in [0.1, 0.15) is 5.56 Å². The molecule has 6 nitrogen and oxygen atoms in total. The molecule has 0 aromatic heterocycles. The summed E-state index contributed by atoms with van der Waals surface area (Å²) in [6.45, 7) is 0.471. The summed E-state index contributed by atoms with van der Waals surface area (Å²) in [5.74, 6) is -1.02. The molecule has 1 saturated heterocycles. The number of hydrogen-bond acceptors (Lipinski definition) is 4. The third-order valence-electron chi connectivity index (χ3n) is 2.86. The molecule has 18 heavy (non-hydrogen) atoms. The van der Waals surface area contributed by atoms with Gasteiger partial charge in [0.1, 0.15) is 11.8 Å². The van der Waals surface area contributed by atoms with E-state index >= 15 is 0 Å². The van der Waals surface area contributed by atoms with Crippen LogP contribution in [0.4, 0.5) is 0 Å². The topological polar surface area (TPSA) is 89.9 Å². The van der Waals surface area contributed by atoms with Crippen LogP contribution in [-0.4, -0.2) is 46.1 Å². The monoisotopic (exact) mass is 250 g/mol. The summed E-state index contributed by atoms with van der Waals surface area (Å²) in [7, 11) is 0. The van der Waals surface area contributed by atoms with Crippen molar-refractivity contribution in [3.63, 3.8) is 0 Å². The summed E-state index contributed by atoms with van der Waals surface area (Å²) in [5, 5.41) is 21.0. The highest BCUT2D eigenvalue weighted by molar-refractivity contribution is 5.83. The molecule has 0 aliphatic carbocycles. The number of amides is 1. The molecule has 1 unspecified atom stereocenters. The Morgan fingerprint density at radius 2 is 2.28 bits per heavy atom. The highest BCUT2D eigenvalue weighted by Gasteiger charge is 2.31. The fourth-order valence-corrected chi connectivity index (χ4v) is 1.99. The number of aliphatic carboxylic acids is 1. The van der Waals surface area contributed by atoms with E-state index in [1.54, 1.807) is 29.2 Å². The third-order valence-corrected chi connectivity index (χ3v) is 2.86. The predicted molar refractivity (Wildman–Crippen MR) is 63.0 cm³/mol. The highest BCUT2D eigenvalue weighted by Crippen LogP contribution is 2.15. The van der Waals surface area contributed by atoms with Crippen LogP contribution in [0, 0.1) is 0 Å². The normalized spacial score (nSPS) is 20.4. The summed E-state index contributed by atoms with van der Waals surface area (Å²) < 4.78 is 0. The minimum Gasteiger partial charge on any atom is -0.508 e. The fraction of sp³-hybridized carbons (Fsp3) is 0.333. The number of piperazine rings is 1. The van der Waals surface area contributed by atoms with E-state index in [1.165, 1.54) is 0 Å². The van der Waals surface area contributed by atoms with Crippen molar-refractivity contribution in [3.8, 4) is 5.75 Å². The molecule has 3 N–H and O–H groups in total. The maximum atomic E-state index is 11.3. The van der Waals surface area contributed by atoms with Crippen LogP contribution < -0.4 is 5.32 Å². The SMILES string of the molecule is O=C1CN(Cc2cccc(O)c2)C(C(=O)O)CN1. The van der Waals surface area contributed by atoms with Gasteiger partial charge in [0, 0.05) is 13.1 Å². The number of phenolic OH excluding ortho intramolecular Hbond substituents is 1. The highest BCUT2D eigenvalue weighted by atomic mass is 16.4. The molecule has 1 amide bonds. The van der Waals surface area contributed by atoms with Gasteiger partial charge in [0.05, 0.1) is 6.54 Å². The van der Waals surface area contributed by atoms with Crippen LogP contribution in [0.25, 0.3) is 0 Å². The van der Waals surface area contributed by atoms with Crippen LogP contribution in [0.15, 0.2) is 24.3 Å². The Kier molecular flexibility index (Phi) is 3.47. The van der Waals surface area contributed by atoms with E-state index in [0.717, 1.165) is 5.56 Å². The molecule has 0 spiro atoms. The average Bonchev–Trinajstić information content (AvgIpc) is 2.28. The Hall–Kier alpha value is -2.08. The van der Waals surface area contributed by atoms with E-state index in [9.17, 15) is 14.7 Å². The van der Waals surface area contributed by atoms with Gasteiger partial charge in [-0.05, 0) is 17.7 Å². The first kappa shape index (κ1) is 12.4. The molecule has 0 saturated carbocycles. The van der Waals surface area contributed by atoms with E-state index in [0.29, 0.717) is 6.54 Å². The summed E-state index contributed by atoms with van der Waals surface area (Å²) >= 11 is 0. The minimum atomic E-state index is -0.963. The summed E-state index contributed by atoms with van der Waals surface area (Å²) in [4.78, 5) is 24.0. The summed E-state index contributed by atoms with van der Waals surface area (Å²) in [5.41, 5.74) is 0.774. The standard InChI is InChI=1S/C12H14N2O4/c15-9-3-1-2-8(4-9)6-14-7-11(16)13-5-10(14)12(17)18/h1-4,10,15H,5-7H2,(H,13,16)(H,17,18). The molecule has 0 bridgehead atoms. The van der Waals surface area contributed by atoms with Gasteiger partial charge >= 0.3 is 5.97 Å². The number of hydrogen-bond donors (Lipinski definition) is 3. The number of carbonyl (C=O) groups excluding carboxylic acids is 1. The zero-order chi connectivity index (χ0) is 13.1. The van der Waals surface area contributed by atoms with Crippen molar-refractivity contribution in [1.29, 1.82) is 0 Å². The summed E-state index contributed by atoms with van der Waals surface area (Å²) in [6, 6.07) is 5.84. The molecule has 1 heterocycles. The van der Waals surface area contributed by atoms with Gasteiger partial charge in [-0.25, -0.2) is 0 Å². The lowest BCUT2D eigenvalue weighted by molar-refractivity contribution is -0.146. The van der Waals surface area contributed by atoms with Crippen LogP contribution in [0.3, 0.4) is 0 Å². The van der Waals surface area contributed by atoms with E-state index < -0.39 is 12.0 Å². The van der Waals surface area contributed by atoms with Crippen molar-refractivity contribution >= 4 is 11.9 Å². The number of phenols is 1. The predicted octanol–water partition coefficient (Wildman–Crippen LogP) is -0.223. The molecular weight excluding hydrogens is 236 g/mol. The van der Waals surface area contributed by atoms with Crippen molar-refractivity contribution in [2.24, 2.45) is 0 Å². The molecule has 1 aromatic rings. The van der Waals surface area contributed by atoms with Gasteiger partial charge in [-0.2, -0.15) is 0 Å². The van der Waals surface area contributed by atoms with E-state index in [4.69, 9.17) is 5.11 Å². The van der Waals surface area contributed by atoms with Gasteiger partial charge in [-0.1, -0.05) is 12.1 Å². The maximum Gasteiger partial charge on any atom is 0.322 e. The van der Waals surface area contributed by atoms with Gasteiger partial charge in [-0.3, -0.25) is 14.5 Å². The van der Waals surface area contributed by atoms with E-state index in [1.807, 2.05) is 0 Å². The first-order valence-electron chi connectivity index (χ1n) is 5.58. The second-order valence-electron chi connectivity index (χ2n) is 4.23. The van der Waals surface area contributed by atoms with Crippen LogP contribution in [-0.2, 0) is 16.1 Å². The maximum absolute atomic E-state index is 11.3. The number of aromatic hydroxyl groups is 1. The van der Waals surface area contributed by atoms with E-state index in [2.05, 4.69) is 5.32 Å². The van der Waals surface area contributed by atoms with Crippen molar-refractivity contribution in [2.75, 3.05) is 13.1 Å². The number of carboxylic acids is 1. The lowest BCUT2D eigenvalue weighted by Gasteiger charge is -2.32. The minimum absolute atomic E-state index is 0.0482. The molecular formula is C12H14N2O4. The number of benzene rings is 1. The molecule has 96 valence electrons. The molecule has 1 aliphatic rings. The second kappa shape index (κ2) is 5.05. The molecule has 1 fully saturated rings. The largest absolute Gasteiger partial charge is 0.508 e. The van der Waals surface area contributed by atoms with Gasteiger partial charge in [-0.15, -0.1) is 0 Å². The average molecular weight is 250 g/mol. The third kappa shape index (κ3) is 2.78. The van der Waals surface area contributed by atoms with Crippen LogP contribution in [0.2, 0.25) is 0 Å². The summed E-state index contributed by atoms with van der Waals surface area (Å²) in [6.07, 6.45) is 0. The smallest absolute Gasteiger partial charge is 0.322 e. The lowest BCUT2D eigenvalue weighted by atomic mass is 10.1. The first-order chi connectivity index (χ1) is 8.56. The van der Waals surface area contributed by atoms with Gasteiger partial charge in [0.25, 0.3) is 0 Å². The number of carboxylic acid groups (broad SMARTS) is 1. The molecule has 1 atom stereocenters. The number of carbonyl (C=O) groups is 2. The first-order valence-corrected chi connectivity index (χ1v) is 5.58. The van der Waals surface area contributed by atoms with Gasteiger partial charge in [0.15, 0.2) is 0 Å². The Bertz CT molecular complexity index is 475. The molecule has 2 rings (SSSR count). The van der Waals surface area contributed by atoms with Gasteiger partial charge in [0.2, 0.25) is 5.91 Å². The molecule has 6 heteroatoms. The van der Waals surface area contributed by atoms with E-state index in [-0.39, 0.29) is 24.7 Å². The van der Waals surface area contributed by atoms with Crippen LogP contribution in [0.5, 0.6) is 5.75 Å². The zero-order valence-corrected chi connectivity index (χ0v) is 9.67. The zero-order valence-electron chi connectivity index (χ0n) is 9.67. The van der Waals surface area contributed by atoms with Crippen molar-refractivity contribution in [2.45, 2.75) is 12.6 Å². The van der Waals surface area contributed by atoms with Gasteiger partial charge < -0.3 is 15.5 Å². The number of nitrogens with one attached hydrogen (secondary N) is 1. The number of nitrogens with zero attached hydrogens (tertiary/aromatic N) is 1. The number of rotatable bonds is 3. The fourth-order valence-electron chi connectivity index (χ4n) is 1.99. The molecule has 1 aliphatic heterocycles. The van der Waals surface area contributed by atoms with Crippen molar-refractivity contribution in [1.82, 2.24) is 10.2 Å². The quantitative estimate of drug-likeness (QED) is 0.690. The molecule has 0 radical (unpaired) electrons. The second-order valence-corrected chi connectivity index (χ2v) is 4.23. The lowest BCUT2D eigenvalue weighted by Crippen LogP contribution is -2.56. The molecule has 1 aromatic carbocycles.